The first-order chi connectivity index (χ1) is 15.8. The third kappa shape index (κ3) is 3.83. The van der Waals surface area contributed by atoms with E-state index in [0.717, 1.165) is 0 Å². The van der Waals surface area contributed by atoms with Gasteiger partial charge >= 0.3 is 0 Å². The standard InChI is InChI=1S/C22H24O11/c1-28-9-6-12-15(18(25)16-10(31-12)4-5-11(29-2)21(16)30-3)13(7-9)32-22-20(27)19(26)17(24)14(8-23)33-22/h4-7,14,17,19-20,22-24,26-27H,8H2,1-3H3. The number of aliphatic hydroxyl groups is 4. The summed E-state index contributed by atoms with van der Waals surface area (Å²) in [6, 6.07) is 6.04. The molecule has 4 N–H and O–H groups in total. The van der Waals surface area contributed by atoms with Gasteiger partial charge in [0.2, 0.25) is 11.7 Å². The maximum absolute atomic E-state index is 13.6. The van der Waals surface area contributed by atoms with Crippen LogP contribution in [0.15, 0.2) is 33.5 Å². The highest BCUT2D eigenvalue weighted by Crippen LogP contribution is 2.38. The first-order valence-corrected chi connectivity index (χ1v) is 10.0. The summed E-state index contributed by atoms with van der Waals surface area (Å²) in [5, 5.41) is 40.0. The summed E-state index contributed by atoms with van der Waals surface area (Å²) < 4.78 is 33.0. The van der Waals surface area contributed by atoms with Gasteiger partial charge in [-0.25, -0.2) is 0 Å². The van der Waals surface area contributed by atoms with Crippen LogP contribution >= 0.6 is 0 Å². The molecule has 2 aromatic carbocycles. The highest BCUT2D eigenvalue weighted by Gasteiger charge is 2.45. The van der Waals surface area contributed by atoms with Crippen molar-refractivity contribution in [3.63, 3.8) is 0 Å². The third-order valence-corrected chi connectivity index (χ3v) is 5.55. The Morgan fingerprint density at radius 3 is 2.27 bits per heavy atom. The quantitative estimate of drug-likeness (QED) is 0.368. The largest absolute Gasteiger partial charge is 0.496 e. The molecule has 0 bridgehead atoms. The summed E-state index contributed by atoms with van der Waals surface area (Å²) in [6.45, 7) is -0.632. The molecule has 11 nitrogen and oxygen atoms in total. The number of rotatable bonds is 6. The Labute approximate surface area is 187 Å². The maximum atomic E-state index is 13.6. The predicted molar refractivity (Wildman–Crippen MR) is 114 cm³/mol. The van der Waals surface area contributed by atoms with Gasteiger partial charge in [-0.1, -0.05) is 0 Å². The molecule has 1 saturated heterocycles. The Balaban J connectivity index is 1.92. The lowest BCUT2D eigenvalue weighted by Gasteiger charge is -2.39. The van der Waals surface area contributed by atoms with Crippen LogP contribution in [0, 0.1) is 0 Å². The number of methoxy groups -OCH3 is 3. The van der Waals surface area contributed by atoms with E-state index in [1.165, 1.54) is 33.5 Å². The van der Waals surface area contributed by atoms with Crippen molar-refractivity contribution in [1.29, 1.82) is 0 Å². The first-order valence-electron chi connectivity index (χ1n) is 10.0. The smallest absolute Gasteiger partial charge is 0.229 e. The van der Waals surface area contributed by atoms with Gasteiger partial charge in [0.25, 0.3) is 0 Å². The van der Waals surface area contributed by atoms with Crippen molar-refractivity contribution in [3.8, 4) is 23.0 Å². The van der Waals surface area contributed by atoms with Crippen molar-refractivity contribution >= 4 is 21.9 Å². The number of hydrogen-bond acceptors (Lipinski definition) is 11. The van der Waals surface area contributed by atoms with Gasteiger partial charge in [0.15, 0.2) is 11.5 Å². The van der Waals surface area contributed by atoms with E-state index in [0.29, 0.717) is 5.75 Å². The minimum Gasteiger partial charge on any atom is -0.496 e. The molecule has 4 rings (SSSR count). The van der Waals surface area contributed by atoms with Crippen LogP contribution in [0.3, 0.4) is 0 Å². The Hall–Kier alpha value is -3.09. The van der Waals surface area contributed by atoms with Gasteiger partial charge < -0.3 is 48.5 Å². The summed E-state index contributed by atoms with van der Waals surface area (Å²) in [4.78, 5) is 13.6. The molecule has 1 fully saturated rings. The number of benzene rings is 2. The average molecular weight is 464 g/mol. The summed E-state index contributed by atoms with van der Waals surface area (Å²) in [7, 11) is 4.23. The zero-order valence-corrected chi connectivity index (χ0v) is 18.0. The van der Waals surface area contributed by atoms with Crippen LogP contribution in [0.5, 0.6) is 23.0 Å². The molecule has 5 unspecified atom stereocenters. The Morgan fingerprint density at radius 1 is 0.879 bits per heavy atom. The Morgan fingerprint density at radius 2 is 1.64 bits per heavy atom. The molecule has 0 amide bonds. The maximum Gasteiger partial charge on any atom is 0.229 e. The monoisotopic (exact) mass is 464 g/mol. The Kier molecular flexibility index (Phi) is 6.32. The Bertz CT molecular complexity index is 1220. The van der Waals surface area contributed by atoms with E-state index in [2.05, 4.69) is 0 Å². The molecule has 11 heteroatoms. The number of aliphatic hydroxyl groups excluding tert-OH is 4. The van der Waals surface area contributed by atoms with Gasteiger partial charge in [-0.3, -0.25) is 4.79 Å². The van der Waals surface area contributed by atoms with Crippen LogP contribution in [-0.2, 0) is 4.74 Å². The highest BCUT2D eigenvalue weighted by molar-refractivity contribution is 5.97. The molecule has 0 saturated carbocycles. The topological polar surface area (TPSA) is 157 Å². The van der Waals surface area contributed by atoms with E-state index in [9.17, 15) is 25.2 Å². The van der Waals surface area contributed by atoms with E-state index in [4.69, 9.17) is 28.1 Å². The minimum atomic E-state index is -1.67. The molecular weight excluding hydrogens is 440 g/mol. The molecule has 5 atom stereocenters. The minimum absolute atomic E-state index is 0.00758. The molecule has 0 spiro atoms. The molecule has 2 heterocycles. The van der Waals surface area contributed by atoms with Crippen molar-refractivity contribution in [2.24, 2.45) is 0 Å². The fourth-order valence-electron chi connectivity index (χ4n) is 3.82. The van der Waals surface area contributed by atoms with E-state index in [-0.39, 0.29) is 39.2 Å². The third-order valence-electron chi connectivity index (χ3n) is 5.55. The van der Waals surface area contributed by atoms with Crippen LogP contribution in [0.4, 0.5) is 0 Å². The van der Waals surface area contributed by atoms with E-state index in [1.807, 2.05) is 0 Å². The van der Waals surface area contributed by atoms with Crippen LogP contribution < -0.4 is 24.4 Å². The van der Waals surface area contributed by atoms with Crippen LogP contribution in [-0.4, -0.2) is 79.1 Å². The molecule has 1 aliphatic heterocycles. The average Bonchev–Trinajstić information content (AvgIpc) is 2.83. The fourth-order valence-corrected chi connectivity index (χ4v) is 3.82. The van der Waals surface area contributed by atoms with Crippen molar-refractivity contribution in [3.05, 3.63) is 34.5 Å². The summed E-state index contributed by atoms with van der Waals surface area (Å²) in [6.07, 6.45) is -7.59. The van der Waals surface area contributed by atoms with Crippen molar-refractivity contribution in [2.45, 2.75) is 30.7 Å². The van der Waals surface area contributed by atoms with E-state index < -0.39 is 42.7 Å². The summed E-state index contributed by atoms with van der Waals surface area (Å²) in [5.74, 6) is 0.695. The van der Waals surface area contributed by atoms with Gasteiger partial charge in [-0.05, 0) is 12.1 Å². The molecule has 1 aliphatic rings. The number of hydrogen-bond donors (Lipinski definition) is 4. The van der Waals surface area contributed by atoms with Crippen LogP contribution in [0.25, 0.3) is 21.9 Å². The molecule has 0 aliphatic carbocycles. The normalized spacial score (nSPS) is 25.2. The van der Waals surface area contributed by atoms with E-state index >= 15 is 0 Å². The zero-order chi connectivity index (χ0) is 23.9. The molecule has 33 heavy (non-hydrogen) atoms. The predicted octanol–water partition coefficient (Wildman–Crippen LogP) is 0.151. The van der Waals surface area contributed by atoms with Crippen LogP contribution in [0.2, 0.25) is 0 Å². The second kappa shape index (κ2) is 9.04. The van der Waals surface area contributed by atoms with Crippen molar-refractivity contribution in [1.82, 2.24) is 0 Å². The fraction of sp³-hybridized carbons (Fsp3) is 0.409. The molecular formula is C22H24O11. The lowest BCUT2D eigenvalue weighted by atomic mass is 9.99. The van der Waals surface area contributed by atoms with Gasteiger partial charge in [0, 0.05) is 12.1 Å². The lowest BCUT2D eigenvalue weighted by Crippen LogP contribution is -2.60. The van der Waals surface area contributed by atoms with E-state index in [1.54, 1.807) is 12.1 Å². The SMILES string of the molecule is COc1cc(OC2OC(CO)C(O)C(O)C2O)c2c(=O)c3c(OC)c(OC)ccc3oc2c1. The number of ether oxygens (including phenoxy) is 5. The second-order valence-electron chi connectivity index (χ2n) is 7.42. The molecule has 178 valence electrons. The van der Waals surface area contributed by atoms with Gasteiger partial charge in [0.05, 0.1) is 27.9 Å². The second-order valence-corrected chi connectivity index (χ2v) is 7.42. The van der Waals surface area contributed by atoms with Gasteiger partial charge in [0.1, 0.15) is 57.9 Å². The van der Waals surface area contributed by atoms with Crippen LogP contribution in [0.1, 0.15) is 0 Å². The summed E-state index contributed by atoms with van der Waals surface area (Å²) >= 11 is 0. The van der Waals surface area contributed by atoms with Gasteiger partial charge in [-0.15, -0.1) is 0 Å². The van der Waals surface area contributed by atoms with Gasteiger partial charge in [-0.2, -0.15) is 0 Å². The molecule has 1 aromatic heterocycles. The van der Waals surface area contributed by atoms with Crippen molar-refractivity contribution in [2.75, 3.05) is 27.9 Å². The number of fused-ring (bicyclic) bond motifs is 2. The van der Waals surface area contributed by atoms with Crippen molar-refractivity contribution < 1.29 is 48.5 Å². The first kappa shape index (κ1) is 23.1. The molecule has 0 radical (unpaired) electrons. The highest BCUT2D eigenvalue weighted by atomic mass is 16.7. The zero-order valence-electron chi connectivity index (χ0n) is 18.0. The molecule has 3 aromatic rings. The lowest BCUT2D eigenvalue weighted by molar-refractivity contribution is -0.277. The summed E-state index contributed by atoms with van der Waals surface area (Å²) in [5.41, 5.74) is -0.153.